The fraction of sp³-hybridized carbons (Fsp3) is 0.429. The molecular formula is C21H26N4O3S. The molecule has 3 heterocycles. The van der Waals surface area contributed by atoms with Gasteiger partial charge in [0.2, 0.25) is 0 Å². The molecule has 1 aromatic carbocycles. The van der Waals surface area contributed by atoms with Gasteiger partial charge in [-0.2, -0.15) is 0 Å². The average molecular weight is 415 g/mol. The lowest BCUT2D eigenvalue weighted by atomic mass is 10.2. The van der Waals surface area contributed by atoms with E-state index in [2.05, 4.69) is 20.9 Å². The molecule has 0 saturated carbocycles. The van der Waals surface area contributed by atoms with Crippen LogP contribution in [0.15, 0.2) is 33.9 Å². The predicted molar refractivity (Wildman–Crippen MR) is 118 cm³/mol. The Bertz CT molecular complexity index is 1140. The summed E-state index contributed by atoms with van der Waals surface area (Å²) in [6.07, 6.45) is 0. The van der Waals surface area contributed by atoms with E-state index in [9.17, 15) is 9.59 Å². The number of fused-ring (bicyclic) bond motifs is 1. The molecule has 0 bridgehead atoms. The zero-order valence-electron chi connectivity index (χ0n) is 17.0. The van der Waals surface area contributed by atoms with Gasteiger partial charge in [-0.15, -0.1) is 11.3 Å². The van der Waals surface area contributed by atoms with Gasteiger partial charge in [0.1, 0.15) is 10.6 Å². The monoisotopic (exact) mass is 414 g/mol. The van der Waals surface area contributed by atoms with Crippen LogP contribution in [0.2, 0.25) is 0 Å². The lowest BCUT2D eigenvalue weighted by Gasteiger charge is -2.36. The van der Waals surface area contributed by atoms with E-state index in [1.807, 2.05) is 32.0 Å². The number of aromatic amines is 1. The first-order valence-corrected chi connectivity index (χ1v) is 10.6. The molecule has 0 amide bonds. The highest BCUT2D eigenvalue weighted by Gasteiger charge is 2.20. The number of rotatable bonds is 5. The zero-order chi connectivity index (χ0) is 20.5. The lowest BCUT2D eigenvalue weighted by Crippen LogP contribution is -2.48. The molecule has 1 aliphatic heterocycles. The Morgan fingerprint density at radius 2 is 1.79 bits per heavy atom. The van der Waals surface area contributed by atoms with Gasteiger partial charge in [-0.25, -0.2) is 4.79 Å². The number of benzene rings is 1. The molecule has 4 rings (SSSR count). The third-order valence-electron chi connectivity index (χ3n) is 5.75. The fourth-order valence-electron chi connectivity index (χ4n) is 3.91. The Balaban J connectivity index is 1.44. The highest BCUT2D eigenvalue weighted by atomic mass is 32.1. The normalized spacial score (nSPS) is 15.2. The van der Waals surface area contributed by atoms with Crippen molar-refractivity contribution in [2.45, 2.75) is 20.4 Å². The van der Waals surface area contributed by atoms with Gasteiger partial charge in [0.05, 0.1) is 18.2 Å². The van der Waals surface area contributed by atoms with Gasteiger partial charge in [0.15, 0.2) is 0 Å². The molecule has 1 fully saturated rings. The first kappa shape index (κ1) is 19.7. The van der Waals surface area contributed by atoms with Crippen LogP contribution in [0.25, 0.3) is 10.2 Å². The van der Waals surface area contributed by atoms with Gasteiger partial charge in [0, 0.05) is 44.1 Å². The molecule has 0 spiro atoms. The topological polar surface area (TPSA) is 70.6 Å². The van der Waals surface area contributed by atoms with Crippen molar-refractivity contribution in [1.29, 1.82) is 0 Å². The minimum atomic E-state index is -0.323. The number of hydrogen-bond acceptors (Lipinski definition) is 6. The molecular weight excluding hydrogens is 388 g/mol. The van der Waals surface area contributed by atoms with E-state index in [0.717, 1.165) is 48.1 Å². The number of aryl methyl sites for hydroxylation is 2. The van der Waals surface area contributed by atoms with Crippen molar-refractivity contribution in [3.8, 4) is 5.75 Å². The van der Waals surface area contributed by atoms with E-state index < -0.39 is 0 Å². The molecule has 1 N–H and O–H groups in total. The van der Waals surface area contributed by atoms with Crippen LogP contribution < -0.4 is 20.9 Å². The number of nitrogens with zero attached hydrogens (tertiary/aromatic N) is 3. The van der Waals surface area contributed by atoms with E-state index in [-0.39, 0.29) is 11.2 Å². The number of ether oxygens (including phenoxy) is 1. The van der Waals surface area contributed by atoms with Gasteiger partial charge in [-0.05, 0) is 31.5 Å². The Labute approximate surface area is 173 Å². The van der Waals surface area contributed by atoms with Crippen LogP contribution in [0.3, 0.4) is 0 Å². The molecule has 0 aliphatic carbocycles. The second kappa shape index (κ2) is 8.04. The van der Waals surface area contributed by atoms with Gasteiger partial charge in [-0.1, -0.05) is 12.1 Å². The van der Waals surface area contributed by atoms with Gasteiger partial charge < -0.3 is 9.64 Å². The van der Waals surface area contributed by atoms with E-state index in [1.54, 1.807) is 7.11 Å². The Hall–Kier alpha value is -2.58. The highest BCUT2D eigenvalue weighted by molar-refractivity contribution is 7.18. The van der Waals surface area contributed by atoms with Crippen LogP contribution in [0.4, 0.5) is 5.69 Å². The van der Waals surface area contributed by atoms with Gasteiger partial charge in [0.25, 0.3) is 5.56 Å². The summed E-state index contributed by atoms with van der Waals surface area (Å²) in [6.45, 7) is 8.51. The maximum Gasteiger partial charge on any atom is 0.329 e. The van der Waals surface area contributed by atoms with Crippen molar-refractivity contribution in [2.75, 3.05) is 44.7 Å². The SMILES string of the molecule is COc1ccccc1N1CCN(CCn2c(=O)[nH]c3sc(C)c(C)c3c2=O)CC1. The number of hydrogen-bond donors (Lipinski definition) is 1. The molecule has 0 unspecified atom stereocenters. The van der Waals surface area contributed by atoms with Gasteiger partial charge >= 0.3 is 5.69 Å². The third-order valence-corrected chi connectivity index (χ3v) is 6.87. The zero-order valence-corrected chi connectivity index (χ0v) is 17.8. The average Bonchev–Trinajstić information content (AvgIpc) is 3.01. The summed E-state index contributed by atoms with van der Waals surface area (Å²) in [5, 5.41) is 0.646. The first-order valence-electron chi connectivity index (χ1n) is 9.82. The van der Waals surface area contributed by atoms with Crippen LogP contribution in [0.1, 0.15) is 10.4 Å². The summed E-state index contributed by atoms with van der Waals surface area (Å²) in [5.74, 6) is 0.883. The molecule has 3 aromatic rings. The maximum atomic E-state index is 12.9. The van der Waals surface area contributed by atoms with Crippen molar-refractivity contribution >= 4 is 27.2 Å². The summed E-state index contributed by atoms with van der Waals surface area (Å²) in [5.41, 5.74) is 1.57. The van der Waals surface area contributed by atoms with Crippen molar-refractivity contribution in [3.63, 3.8) is 0 Å². The Morgan fingerprint density at radius 3 is 2.52 bits per heavy atom. The van der Waals surface area contributed by atoms with E-state index in [0.29, 0.717) is 23.3 Å². The number of anilines is 1. The van der Waals surface area contributed by atoms with Crippen molar-refractivity contribution in [2.24, 2.45) is 0 Å². The molecule has 1 saturated heterocycles. The lowest BCUT2D eigenvalue weighted by molar-refractivity contribution is 0.245. The molecule has 2 aromatic heterocycles. The van der Waals surface area contributed by atoms with Crippen molar-refractivity contribution in [1.82, 2.24) is 14.5 Å². The van der Waals surface area contributed by atoms with Gasteiger partial charge in [-0.3, -0.25) is 19.2 Å². The standard InChI is InChI=1S/C21H26N4O3S/c1-14-15(2)29-19-18(14)20(26)25(21(27)22-19)13-10-23-8-11-24(12-9-23)16-6-4-5-7-17(16)28-3/h4-7H,8-13H2,1-3H3,(H,22,27). The smallest absolute Gasteiger partial charge is 0.329 e. The summed E-state index contributed by atoms with van der Waals surface area (Å²) in [6, 6.07) is 8.05. The summed E-state index contributed by atoms with van der Waals surface area (Å²) in [7, 11) is 1.69. The molecule has 8 heteroatoms. The van der Waals surface area contributed by atoms with E-state index in [4.69, 9.17) is 4.74 Å². The molecule has 0 radical (unpaired) electrons. The van der Waals surface area contributed by atoms with Crippen LogP contribution >= 0.6 is 11.3 Å². The minimum Gasteiger partial charge on any atom is -0.495 e. The largest absolute Gasteiger partial charge is 0.495 e. The predicted octanol–water partition coefficient (Wildman–Crippen LogP) is 2.20. The number of para-hydroxylation sites is 2. The quantitative estimate of drug-likeness (QED) is 0.693. The Morgan fingerprint density at radius 1 is 1.07 bits per heavy atom. The number of thiophene rings is 1. The molecule has 29 heavy (non-hydrogen) atoms. The summed E-state index contributed by atoms with van der Waals surface area (Å²) < 4.78 is 6.81. The number of aromatic nitrogens is 2. The van der Waals surface area contributed by atoms with E-state index >= 15 is 0 Å². The number of piperazine rings is 1. The Kier molecular flexibility index (Phi) is 5.47. The number of H-pyrrole nitrogens is 1. The second-order valence-electron chi connectivity index (χ2n) is 7.37. The van der Waals surface area contributed by atoms with Crippen LogP contribution in [0, 0.1) is 13.8 Å². The fourth-order valence-corrected chi connectivity index (χ4v) is 4.95. The van der Waals surface area contributed by atoms with Crippen LogP contribution in [-0.4, -0.2) is 54.3 Å². The van der Waals surface area contributed by atoms with Crippen LogP contribution in [0.5, 0.6) is 5.75 Å². The van der Waals surface area contributed by atoms with E-state index in [1.165, 1.54) is 15.9 Å². The van der Waals surface area contributed by atoms with Crippen LogP contribution in [-0.2, 0) is 6.54 Å². The minimum absolute atomic E-state index is 0.182. The molecule has 1 aliphatic rings. The van der Waals surface area contributed by atoms with Crippen molar-refractivity contribution < 1.29 is 4.74 Å². The first-order chi connectivity index (χ1) is 14.0. The molecule has 154 valence electrons. The van der Waals surface area contributed by atoms with Crippen molar-refractivity contribution in [3.05, 3.63) is 55.5 Å². The highest BCUT2D eigenvalue weighted by Crippen LogP contribution is 2.28. The third kappa shape index (κ3) is 3.70. The number of methoxy groups -OCH3 is 1. The second-order valence-corrected chi connectivity index (χ2v) is 8.60. The maximum absolute atomic E-state index is 12.9. The molecule has 7 nitrogen and oxygen atoms in total. The molecule has 0 atom stereocenters. The number of nitrogens with one attached hydrogen (secondary N) is 1. The summed E-state index contributed by atoms with van der Waals surface area (Å²) in [4.78, 5) is 34.5. The summed E-state index contributed by atoms with van der Waals surface area (Å²) >= 11 is 1.47.